The van der Waals surface area contributed by atoms with Crippen molar-refractivity contribution in [3.8, 4) is 0 Å². The van der Waals surface area contributed by atoms with Crippen LogP contribution in [0.25, 0.3) is 0 Å². The minimum atomic E-state index is 0.488. The van der Waals surface area contributed by atoms with Crippen molar-refractivity contribution in [2.24, 2.45) is 0 Å². The highest BCUT2D eigenvalue weighted by Crippen LogP contribution is 2.31. The van der Waals surface area contributed by atoms with Crippen LogP contribution in [0.15, 0.2) is 18.3 Å². The second-order valence-electron chi connectivity index (χ2n) is 5.22. The lowest BCUT2D eigenvalue weighted by Crippen LogP contribution is -2.22. The van der Waals surface area contributed by atoms with Gasteiger partial charge in [0.05, 0.1) is 0 Å². The normalized spacial score (nSPS) is 22.1. The van der Waals surface area contributed by atoms with Crippen molar-refractivity contribution >= 4 is 5.82 Å². The van der Waals surface area contributed by atoms with Crippen LogP contribution in [0.2, 0.25) is 0 Å². The summed E-state index contributed by atoms with van der Waals surface area (Å²) >= 11 is 0. The Balaban J connectivity index is 2.03. The molecule has 1 N–H and O–H groups in total. The van der Waals surface area contributed by atoms with Gasteiger partial charge >= 0.3 is 0 Å². The lowest BCUT2D eigenvalue weighted by Gasteiger charge is -2.23. The Bertz CT molecular complexity index is 361. The number of rotatable bonds is 5. The molecule has 18 heavy (non-hydrogen) atoms. The number of aromatic nitrogens is 1. The largest absolute Gasteiger partial charge is 0.368 e. The summed E-state index contributed by atoms with van der Waals surface area (Å²) in [5, 5.41) is 3.41. The lowest BCUT2D eigenvalue weighted by molar-refractivity contribution is 0.271. The molecular weight excluding hydrogens is 222 g/mol. The van der Waals surface area contributed by atoms with Crippen molar-refractivity contribution in [3.63, 3.8) is 0 Å². The summed E-state index contributed by atoms with van der Waals surface area (Å²) in [6, 6.07) is 5.42. The molecular formula is C15H25N3. The van der Waals surface area contributed by atoms with E-state index < -0.39 is 0 Å². The van der Waals surface area contributed by atoms with Crippen LogP contribution in [0, 0.1) is 0 Å². The average Bonchev–Trinajstić information content (AvgIpc) is 2.87. The standard InChI is InChI=1S/C15H25N3/c1-4-12(3)17-15-9-8-13(11-16-15)14-7-6-10-18(14)5-2/h8-9,11-12,14H,4-7,10H2,1-3H3,(H,16,17). The second kappa shape index (κ2) is 6.19. The zero-order valence-corrected chi connectivity index (χ0v) is 11.8. The average molecular weight is 247 g/mol. The van der Waals surface area contributed by atoms with E-state index in [9.17, 15) is 0 Å². The summed E-state index contributed by atoms with van der Waals surface area (Å²) in [7, 11) is 0. The maximum atomic E-state index is 4.54. The maximum absolute atomic E-state index is 4.54. The molecule has 0 radical (unpaired) electrons. The van der Waals surface area contributed by atoms with Crippen LogP contribution >= 0.6 is 0 Å². The summed E-state index contributed by atoms with van der Waals surface area (Å²) in [5.74, 6) is 0.995. The van der Waals surface area contributed by atoms with Crippen LogP contribution in [-0.2, 0) is 0 Å². The van der Waals surface area contributed by atoms with Gasteiger partial charge in [-0.2, -0.15) is 0 Å². The molecule has 0 aromatic carbocycles. The number of nitrogens with one attached hydrogen (secondary N) is 1. The van der Waals surface area contributed by atoms with Gasteiger partial charge in [0, 0.05) is 18.3 Å². The molecule has 1 aromatic heterocycles. The number of pyridine rings is 1. The molecule has 100 valence electrons. The van der Waals surface area contributed by atoms with Crippen molar-refractivity contribution in [2.75, 3.05) is 18.4 Å². The molecule has 0 spiro atoms. The highest BCUT2D eigenvalue weighted by Gasteiger charge is 2.24. The highest BCUT2D eigenvalue weighted by atomic mass is 15.2. The number of hydrogen-bond acceptors (Lipinski definition) is 3. The van der Waals surface area contributed by atoms with Crippen molar-refractivity contribution in [2.45, 2.75) is 52.1 Å². The Labute approximate surface area is 111 Å². The van der Waals surface area contributed by atoms with Gasteiger partial charge in [-0.25, -0.2) is 4.98 Å². The van der Waals surface area contributed by atoms with Crippen LogP contribution in [0.3, 0.4) is 0 Å². The second-order valence-corrected chi connectivity index (χ2v) is 5.22. The Morgan fingerprint density at radius 1 is 1.44 bits per heavy atom. The highest BCUT2D eigenvalue weighted by molar-refractivity contribution is 5.37. The molecule has 0 bridgehead atoms. The first-order valence-electron chi connectivity index (χ1n) is 7.21. The van der Waals surface area contributed by atoms with Crippen molar-refractivity contribution in [1.29, 1.82) is 0 Å². The summed E-state index contributed by atoms with van der Waals surface area (Å²) in [4.78, 5) is 7.08. The van der Waals surface area contributed by atoms with E-state index >= 15 is 0 Å². The zero-order chi connectivity index (χ0) is 13.0. The first-order chi connectivity index (χ1) is 8.74. The smallest absolute Gasteiger partial charge is 0.126 e. The van der Waals surface area contributed by atoms with Crippen LogP contribution in [-0.4, -0.2) is 29.0 Å². The summed E-state index contributed by atoms with van der Waals surface area (Å²) < 4.78 is 0. The van der Waals surface area contributed by atoms with Gasteiger partial charge in [-0.3, -0.25) is 4.90 Å². The van der Waals surface area contributed by atoms with Crippen LogP contribution < -0.4 is 5.32 Å². The topological polar surface area (TPSA) is 28.2 Å². The third-order valence-electron chi connectivity index (χ3n) is 3.95. The monoisotopic (exact) mass is 247 g/mol. The van der Waals surface area contributed by atoms with E-state index in [0.717, 1.165) is 18.8 Å². The fourth-order valence-electron chi connectivity index (χ4n) is 2.62. The van der Waals surface area contributed by atoms with E-state index in [4.69, 9.17) is 0 Å². The van der Waals surface area contributed by atoms with E-state index in [-0.39, 0.29) is 0 Å². The molecule has 2 atom stereocenters. The van der Waals surface area contributed by atoms with Gasteiger partial charge in [0.15, 0.2) is 0 Å². The number of nitrogens with zero attached hydrogens (tertiary/aromatic N) is 2. The first-order valence-corrected chi connectivity index (χ1v) is 7.21. The molecule has 1 saturated heterocycles. The van der Waals surface area contributed by atoms with E-state index in [1.54, 1.807) is 0 Å². The first kappa shape index (κ1) is 13.3. The predicted molar refractivity (Wildman–Crippen MR) is 76.8 cm³/mol. The molecule has 2 rings (SSSR count). The molecule has 0 saturated carbocycles. The molecule has 2 heterocycles. The van der Waals surface area contributed by atoms with E-state index in [1.807, 2.05) is 6.20 Å². The van der Waals surface area contributed by atoms with Gasteiger partial charge in [0.1, 0.15) is 5.82 Å². The van der Waals surface area contributed by atoms with Gasteiger partial charge in [0.2, 0.25) is 0 Å². The minimum Gasteiger partial charge on any atom is -0.368 e. The van der Waals surface area contributed by atoms with Gasteiger partial charge in [-0.05, 0) is 50.9 Å². The quantitative estimate of drug-likeness (QED) is 0.864. The fourth-order valence-corrected chi connectivity index (χ4v) is 2.62. The number of hydrogen-bond donors (Lipinski definition) is 1. The summed E-state index contributed by atoms with van der Waals surface area (Å²) in [5.41, 5.74) is 1.36. The summed E-state index contributed by atoms with van der Waals surface area (Å²) in [6.07, 6.45) is 5.75. The van der Waals surface area contributed by atoms with E-state index in [0.29, 0.717) is 12.1 Å². The molecule has 1 aliphatic heterocycles. The minimum absolute atomic E-state index is 0.488. The Hall–Kier alpha value is -1.09. The number of likely N-dealkylation sites (tertiary alicyclic amines) is 1. The van der Waals surface area contributed by atoms with Crippen LogP contribution in [0.4, 0.5) is 5.82 Å². The molecule has 0 amide bonds. The molecule has 1 aromatic rings. The lowest BCUT2D eigenvalue weighted by atomic mass is 10.1. The molecule has 3 nitrogen and oxygen atoms in total. The van der Waals surface area contributed by atoms with E-state index in [1.165, 1.54) is 24.9 Å². The maximum Gasteiger partial charge on any atom is 0.126 e. The van der Waals surface area contributed by atoms with Gasteiger partial charge < -0.3 is 5.32 Å². The number of anilines is 1. The Morgan fingerprint density at radius 2 is 2.28 bits per heavy atom. The van der Waals surface area contributed by atoms with Crippen molar-refractivity contribution in [3.05, 3.63) is 23.9 Å². The van der Waals surface area contributed by atoms with Gasteiger partial charge in [-0.1, -0.05) is 19.9 Å². The molecule has 0 aliphatic carbocycles. The van der Waals surface area contributed by atoms with Crippen molar-refractivity contribution in [1.82, 2.24) is 9.88 Å². The van der Waals surface area contributed by atoms with Gasteiger partial charge in [-0.15, -0.1) is 0 Å². The Morgan fingerprint density at radius 3 is 2.89 bits per heavy atom. The zero-order valence-electron chi connectivity index (χ0n) is 11.8. The van der Waals surface area contributed by atoms with Gasteiger partial charge in [0.25, 0.3) is 0 Å². The summed E-state index contributed by atoms with van der Waals surface area (Å²) in [6.45, 7) is 8.98. The van der Waals surface area contributed by atoms with E-state index in [2.05, 4.69) is 48.1 Å². The van der Waals surface area contributed by atoms with Crippen molar-refractivity contribution < 1.29 is 0 Å². The molecule has 3 heteroatoms. The predicted octanol–water partition coefficient (Wildman–Crippen LogP) is 3.45. The fraction of sp³-hybridized carbons (Fsp3) is 0.667. The third-order valence-corrected chi connectivity index (χ3v) is 3.95. The Kier molecular flexibility index (Phi) is 4.59. The van der Waals surface area contributed by atoms with Crippen LogP contribution in [0.1, 0.15) is 51.6 Å². The molecule has 1 fully saturated rings. The molecule has 2 unspecified atom stereocenters. The third kappa shape index (κ3) is 3.02. The van der Waals surface area contributed by atoms with Crippen LogP contribution in [0.5, 0.6) is 0 Å². The SMILES string of the molecule is CCC(C)Nc1ccc(C2CCCN2CC)cn1. The molecule has 1 aliphatic rings.